The first-order valence-electron chi connectivity index (χ1n) is 10.1. The lowest BCUT2D eigenvalue weighted by Gasteiger charge is -2.24. The van der Waals surface area contributed by atoms with Crippen molar-refractivity contribution in [2.45, 2.75) is 13.0 Å². The van der Waals surface area contributed by atoms with Gasteiger partial charge in [0.05, 0.1) is 19.7 Å². The van der Waals surface area contributed by atoms with Gasteiger partial charge in [-0.15, -0.1) is 0 Å². The predicted octanol–water partition coefficient (Wildman–Crippen LogP) is 4.26. The molecule has 0 aliphatic carbocycles. The van der Waals surface area contributed by atoms with E-state index in [4.69, 9.17) is 4.74 Å². The fraction of sp³-hybridized carbons (Fsp3) is 0.200. The minimum atomic E-state index is -0.500. The van der Waals surface area contributed by atoms with Crippen LogP contribution in [-0.2, 0) is 9.59 Å². The topological polar surface area (TPSA) is 70.7 Å². The second-order valence-electron chi connectivity index (χ2n) is 7.27. The minimum Gasteiger partial charge on any atom is -0.497 e. The number of anilines is 2. The quantitative estimate of drug-likeness (QED) is 0.575. The number of nitrogens with zero attached hydrogens (tertiary/aromatic N) is 1. The number of amides is 2. The Labute approximate surface area is 182 Å². The van der Waals surface area contributed by atoms with Gasteiger partial charge < -0.3 is 15.4 Å². The number of ether oxygens (including phenoxy) is 1. The molecule has 0 aromatic heterocycles. The van der Waals surface area contributed by atoms with Crippen molar-refractivity contribution >= 4 is 23.2 Å². The summed E-state index contributed by atoms with van der Waals surface area (Å²) in [6, 6.07) is 24.2. The van der Waals surface area contributed by atoms with Crippen molar-refractivity contribution in [2.75, 3.05) is 31.3 Å². The fourth-order valence-corrected chi connectivity index (χ4v) is 3.16. The van der Waals surface area contributed by atoms with Crippen LogP contribution in [0.2, 0.25) is 0 Å². The summed E-state index contributed by atoms with van der Waals surface area (Å²) in [5, 5.41) is 5.83. The van der Waals surface area contributed by atoms with Gasteiger partial charge in [0.1, 0.15) is 5.75 Å². The van der Waals surface area contributed by atoms with Crippen molar-refractivity contribution < 1.29 is 14.3 Å². The van der Waals surface area contributed by atoms with Gasteiger partial charge in [-0.2, -0.15) is 0 Å². The molecule has 0 unspecified atom stereocenters. The van der Waals surface area contributed by atoms with Crippen molar-refractivity contribution in [3.05, 3.63) is 78.9 Å². The Morgan fingerprint density at radius 2 is 1.65 bits per heavy atom. The second kappa shape index (κ2) is 10.4. The Bertz CT molecular complexity index is 1040. The van der Waals surface area contributed by atoms with Crippen LogP contribution in [0.5, 0.6) is 5.75 Å². The summed E-state index contributed by atoms with van der Waals surface area (Å²) < 4.78 is 5.17. The average Bonchev–Trinajstić information content (AvgIpc) is 2.79. The Balaban J connectivity index is 1.62. The van der Waals surface area contributed by atoms with E-state index in [1.54, 1.807) is 44.2 Å². The first-order valence-corrected chi connectivity index (χ1v) is 10.1. The number of likely N-dealkylation sites (N-methyl/N-ethyl adjacent to an activating group) is 1. The Kier molecular flexibility index (Phi) is 7.40. The van der Waals surface area contributed by atoms with Gasteiger partial charge >= 0.3 is 0 Å². The number of benzene rings is 3. The molecule has 31 heavy (non-hydrogen) atoms. The molecule has 0 aliphatic rings. The molecule has 2 amide bonds. The van der Waals surface area contributed by atoms with E-state index in [9.17, 15) is 9.59 Å². The third kappa shape index (κ3) is 5.93. The Morgan fingerprint density at radius 3 is 2.39 bits per heavy atom. The Hall–Kier alpha value is -3.64. The SMILES string of the molecule is COc1cccc(NC(=O)CN(C)[C@@H](C)C(=O)Nc2ccccc2-c2ccccc2)c1. The third-order valence-electron chi connectivity index (χ3n) is 5.06. The zero-order chi connectivity index (χ0) is 22.2. The third-order valence-corrected chi connectivity index (χ3v) is 5.06. The van der Waals surface area contributed by atoms with Crippen LogP contribution in [0.25, 0.3) is 11.1 Å². The highest BCUT2D eigenvalue weighted by Gasteiger charge is 2.21. The van der Waals surface area contributed by atoms with Gasteiger partial charge in [0.2, 0.25) is 11.8 Å². The van der Waals surface area contributed by atoms with Crippen LogP contribution in [0.3, 0.4) is 0 Å². The van der Waals surface area contributed by atoms with Crippen molar-refractivity contribution in [3.8, 4) is 16.9 Å². The molecule has 0 fully saturated rings. The molecular weight excluding hydrogens is 390 g/mol. The molecule has 0 aliphatic heterocycles. The number of methoxy groups -OCH3 is 1. The van der Waals surface area contributed by atoms with Crippen LogP contribution < -0.4 is 15.4 Å². The zero-order valence-electron chi connectivity index (χ0n) is 18.0. The molecule has 1 atom stereocenters. The highest BCUT2D eigenvalue weighted by Crippen LogP contribution is 2.27. The molecule has 2 N–H and O–H groups in total. The monoisotopic (exact) mass is 417 g/mol. The maximum atomic E-state index is 12.9. The van der Waals surface area contributed by atoms with Crippen LogP contribution >= 0.6 is 0 Å². The largest absolute Gasteiger partial charge is 0.497 e. The molecule has 0 radical (unpaired) electrons. The van der Waals surface area contributed by atoms with Crippen molar-refractivity contribution in [2.24, 2.45) is 0 Å². The molecule has 3 rings (SSSR count). The standard InChI is InChI=1S/C25H27N3O3/c1-18(28(2)17-24(29)26-20-12-9-13-21(16-20)31-3)25(30)27-23-15-8-7-14-22(23)19-10-5-4-6-11-19/h4-16,18H,17H2,1-3H3,(H,26,29)(H,27,30)/t18-/m0/s1. The molecule has 0 bridgehead atoms. The number of rotatable bonds is 8. The van der Waals surface area contributed by atoms with E-state index in [1.165, 1.54) is 0 Å². The lowest BCUT2D eigenvalue weighted by atomic mass is 10.0. The van der Waals surface area contributed by atoms with Crippen LogP contribution in [0.1, 0.15) is 6.92 Å². The van der Waals surface area contributed by atoms with E-state index in [2.05, 4.69) is 10.6 Å². The first kappa shape index (κ1) is 22.1. The maximum Gasteiger partial charge on any atom is 0.241 e. The highest BCUT2D eigenvalue weighted by atomic mass is 16.5. The van der Waals surface area contributed by atoms with Gasteiger partial charge in [-0.3, -0.25) is 14.5 Å². The lowest BCUT2D eigenvalue weighted by Crippen LogP contribution is -2.43. The molecule has 0 saturated carbocycles. The lowest BCUT2D eigenvalue weighted by molar-refractivity contribution is -0.122. The number of nitrogens with one attached hydrogen (secondary N) is 2. The maximum absolute atomic E-state index is 12.9. The molecule has 6 nitrogen and oxygen atoms in total. The van der Waals surface area contributed by atoms with E-state index in [-0.39, 0.29) is 18.4 Å². The summed E-state index contributed by atoms with van der Waals surface area (Å²) in [5.41, 5.74) is 3.35. The smallest absolute Gasteiger partial charge is 0.241 e. The van der Waals surface area contributed by atoms with E-state index < -0.39 is 6.04 Å². The molecular formula is C25H27N3O3. The first-order chi connectivity index (χ1) is 15.0. The molecule has 0 heterocycles. The van der Waals surface area contributed by atoms with Gasteiger partial charge in [-0.05, 0) is 37.7 Å². The minimum absolute atomic E-state index is 0.0755. The molecule has 0 spiro atoms. The summed E-state index contributed by atoms with van der Waals surface area (Å²) >= 11 is 0. The molecule has 160 valence electrons. The summed E-state index contributed by atoms with van der Waals surface area (Å²) in [7, 11) is 3.32. The van der Waals surface area contributed by atoms with Crippen LogP contribution in [-0.4, -0.2) is 43.5 Å². The number of para-hydroxylation sites is 1. The summed E-state index contributed by atoms with van der Waals surface area (Å²) in [6.07, 6.45) is 0. The van der Waals surface area contributed by atoms with E-state index >= 15 is 0 Å². The molecule has 3 aromatic carbocycles. The normalized spacial score (nSPS) is 11.6. The van der Waals surface area contributed by atoms with Crippen LogP contribution in [0.15, 0.2) is 78.9 Å². The van der Waals surface area contributed by atoms with Gasteiger partial charge in [0.15, 0.2) is 0 Å². The van der Waals surface area contributed by atoms with Gasteiger partial charge in [0.25, 0.3) is 0 Å². The summed E-state index contributed by atoms with van der Waals surface area (Å²) in [5.74, 6) is 0.274. The Morgan fingerprint density at radius 1 is 0.935 bits per heavy atom. The van der Waals surface area contributed by atoms with Crippen LogP contribution in [0.4, 0.5) is 11.4 Å². The summed E-state index contributed by atoms with van der Waals surface area (Å²) in [6.45, 7) is 1.85. The number of hydrogen-bond donors (Lipinski definition) is 2. The molecule has 0 saturated heterocycles. The predicted molar refractivity (Wildman–Crippen MR) is 124 cm³/mol. The number of carbonyl (C=O) groups is 2. The van der Waals surface area contributed by atoms with Gasteiger partial charge in [-0.1, -0.05) is 54.6 Å². The number of carbonyl (C=O) groups excluding carboxylic acids is 2. The highest BCUT2D eigenvalue weighted by molar-refractivity contribution is 5.99. The van der Waals surface area contributed by atoms with Crippen molar-refractivity contribution in [1.82, 2.24) is 4.90 Å². The number of hydrogen-bond acceptors (Lipinski definition) is 4. The molecule has 3 aromatic rings. The van der Waals surface area contributed by atoms with Gasteiger partial charge in [0, 0.05) is 23.0 Å². The van der Waals surface area contributed by atoms with E-state index in [1.807, 2.05) is 60.7 Å². The van der Waals surface area contributed by atoms with Crippen LogP contribution in [0, 0.1) is 0 Å². The zero-order valence-corrected chi connectivity index (χ0v) is 18.0. The fourth-order valence-electron chi connectivity index (χ4n) is 3.16. The average molecular weight is 418 g/mol. The summed E-state index contributed by atoms with van der Waals surface area (Å²) in [4.78, 5) is 27.0. The van der Waals surface area contributed by atoms with E-state index in [0.717, 1.165) is 16.8 Å². The van der Waals surface area contributed by atoms with Gasteiger partial charge in [-0.25, -0.2) is 0 Å². The molecule has 6 heteroatoms. The second-order valence-corrected chi connectivity index (χ2v) is 7.27. The van der Waals surface area contributed by atoms with Crippen molar-refractivity contribution in [1.29, 1.82) is 0 Å². The van der Waals surface area contributed by atoms with E-state index in [0.29, 0.717) is 11.4 Å². The van der Waals surface area contributed by atoms with Crippen molar-refractivity contribution in [3.63, 3.8) is 0 Å².